The summed E-state index contributed by atoms with van der Waals surface area (Å²) in [6, 6.07) is 2.77. The molecule has 0 saturated carbocycles. The van der Waals surface area contributed by atoms with E-state index in [4.69, 9.17) is 14.2 Å². The first-order valence-corrected chi connectivity index (χ1v) is 9.17. The molecule has 0 unspecified atom stereocenters. The first-order chi connectivity index (χ1) is 10.4. The average Bonchev–Trinajstić information content (AvgIpc) is 2.48. The Kier molecular flexibility index (Phi) is 7.31. The van der Waals surface area contributed by atoms with Gasteiger partial charge in [-0.05, 0) is 35.0 Å². The van der Waals surface area contributed by atoms with Crippen LogP contribution in [0.1, 0.15) is 24.2 Å². The largest absolute Gasteiger partial charge is 0.489 e. The number of halogens is 1. The monoisotopic (exact) mass is 394 g/mol. The molecule has 0 fully saturated rings. The molecule has 0 atom stereocenters. The van der Waals surface area contributed by atoms with Crippen molar-refractivity contribution in [2.24, 2.45) is 0 Å². The topological polar surface area (TPSA) is 78.9 Å². The standard InChI is InChI=1S/C14H19BrO6S/c1-4-20-14(16)10-6-7-11(22(17,18)5-2)13(12(10)15)21-9-8-19-3/h6-7H,4-5,8-9H2,1-3H3. The summed E-state index contributed by atoms with van der Waals surface area (Å²) >= 11 is 3.25. The normalized spacial score (nSPS) is 11.3. The third kappa shape index (κ3) is 4.44. The van der Waals surface area contributed by atoms with Gasteiger partial charge in [0.15, 0.2) is 15.6 Å². The molecule has 0 amide bonds. The fourth-order valence-electron chi connectivity index (χ4n) is 1.67. The van der Waals surface area contributed by atoms with Crippen molar-refractivity contribution < 1.29 is 27.4 Å². The zero-order valence-corrected chi connectivity index (χ0v) is 15.1. The minimum absolute atomic E-state index is 0.0334. The van der Waals surface area contributed by atoms with Crippen molar-refractivity contribution in [3.63, 3.8) is 0 Å². The third-order valence-electron chi connectivity index (χ3n) is 2.81. The van der Waals surface area contributed by atoms with Crippen LogP contribution in [0.25, 0.3) is 0 Å². The molecule has 1 aromatic carbocycles. The molecule has 0 saturated heterocycles. The van der Waals surface area contributed by atoms with Gasteiger partial charge in [-0.1, -0.05) is 6.92 Å². The third-order valence-corrected chi connectivity index (χ3v) is 5.34. The van der Waals surface area contributed by atoms with Crippen molar-refractivity contribution in [2.45, 2.75) is 18.7 Å². The van der Waals surface area contributed by atoms with Crippen LogP contribution in [0.4, 0.5) is 0 Å². The number of ether oxygens (including phenoxy) is 3. The Morgan fingerprint density at radius 2 is 1.91 bits per heavy atom. The van der Waals surface area contributed by atoms with E-state index in [0.717, 1.165) is 0 Å². The molecular formula is C14H19BrO6S. The van der Waals surface area contributed by atoms with E-state index >= 15 is 0 Å². The SMILES string of the molecule is CCOC(=O)c1ccc(S(=O)(=O)CC)c(OCCOC)c1Br. The zero-order valence-electron chi connectivity index (χ0n) is 12.7. The van der Waals surface area contributed by atoms with E-state index in [0.29, 0.717) is 6.61 Å². The zero-order chi connectivity index (χ0) is 16.8. The molecule has 0 heterocycles. The summed E-state index contributed by atoms with van der Waals surface area (Å²) in [5.41, 5.74) is 0.212. The fraction of sp³-hybridized carbons (Fsp3) is 0.500. The lowest BCUT2D eigenvalue weighted by atomic mass is 10.2. The molecule has 0 aliphatic rings. The molecule has 6 nitrogen and oxygen atoms in total. The smallest absolute Gasteiger partial charge is 0.339 e. The summed E-state index contributed by atoms with van der Waals surface area (Å²) in [4.78, 5) is 11.9. The quantitative estimate of drug-likeness (QED) is 0.497. The number of sulfone groups is 1. The molecule has 0 aliphatic carbocycles. The molecule has 0 aliphatic heterocycles. The van der Waals surface area contributed by atoms with Gasteiger partial charge in [-0.15, -0.1) is 0 Å². The number of carbonyl (C=O) groups is 1. The lowest BCUT2D eigenvalue weighted by Gasteiger charge is -2.15. The van der Waals surface area contributed by atoms with Gasteiger partial charge >= 0.3 is 5.97 Å². The summed E-state index contributed by atoms with van der Waals surface area (Å²) in [6.45, 7) is 3.91. The highest BCUT2D eigenvalue weighted by atomic mass is 79.9. The summed E-state index contributed by atoms with van der Waals surface area (Å²) in [7, 11) is -1.98. The van der Waals surface area contributed by atoms with Crippen molar-refractivity contribution in [3.8, 4) is 5.75 Å². The fourth-order valence-corrected chi connectivity index (χ4v) is 3.45. The van der Waals surface area contributed by atoms with Gasteiger partial charge in [0.2, 0.25) is 0 Å². The van der Waals surface area contributed by atoms with Crippen LogP contribution in [0, 0.1) is 0 Å². The minimum Gasteiger partial charge on any atom is -0.489 e. The highest BCUT2D eigenvalue weighted by Crippen LogP contribution is 2.36. The van der Waals surface area contributed by atoms with Gasteiger partial charge in [0.25, 0.3) is 0 Å². The van der Waals surface area contributed by atoms with E-state index < -0.39 is 15.8 Å². The molecule has 0 aromatic heterocycles. The van der Waals surface area contributed by atoms with E-state index in [-0.39, 0.29) is 39.6 Å². The number of hydrogen-bond acceptors (Lipinski definition) is 6. The van der Waals surface area contributed by atoms with Crippen molar-refractivity contribution >= 4 is 31.7 Å². The maximum Gasteiger partial charge on any atom is 0.339 e. The van der Waals surface area contributed by atoms with E-state index in [1.165, 1.54) is 19.2 Å². The van der Waals surface area contributed by atoms with Gasteiger partial charge in [0, 0.05) is 7.11 Å². The average molecular weight is 395 g/mol. The molecule has 0 N–H and O–H groups in total. The number of benzene rings is 1. The van der Waals surface area contributed by atoms with Gasteiger partial charge in [-0.25, -0.2) is 13.2 Å². The van der Waals surface area contributed by atoms with Crippen LogP contribution in [0.2, 0.25) is 0 Å². The maximum absolute atomic E-state index is 12.2. The molecule has 1 rings (SSSR count). The molecule has 0 spiro atoms. The Bertz CT molecular complexity index is 626. The predicted octanol–water partition coefficient (Wildman–Crippen LogP) is 2.44. The van der Waals surface area contributed by atoms with Crippen molar-refractivity contribution in [3.05, 3.63) is 22.2 Å². The minimum atomic E-state index is -3.49. The van der Waals surface area contributed by atoms with Gasteiger partial charge in [0.1, 0.15) is 11.5 Å². The molecule has 1 aromatic rings. The maximum atomic E-state index is 12.2. The lowest BCUT2D eigenvalue weighted by molar-refractivity contribution is 0.0524. The summed E-state index contributed by atoms with van der Waals surface area (Å²) < 4.78 is 39.9. The van der Waals surface area contributed by atoms with Gasteiger partial charge in [-0.2, -0.15) is 0 Å². The Labute approximate surface area is 138 Å². The molecular weight excluding hydrogens is 376 g/mol. The van der Waals surface area contributed by atoms with E-state index in [1.54, 1.807) is 13.8 Å². The molecule has 8 heteroatoms. The summed E-state index contributed by atoms with van der Waals surface area (Å²) in [5, 5.41) is 0. The van der Waals surface area contributed by atoms with Crippen LogP contribution >= 0.6 is 15.9 Å². The van der Waals surface area contributed by atoms with Crippen LogP contribution in [0.15, 0.2) is 21.5 Å². The van der Waals surface area contributed by atoms with Crippen molar-refractivity contribution in [1.29, 1.82) is 0 Å². The van der Waals surface area contributed by atoms with Gasteiger partial charge in [0.05, 0.1) is 29.0 Å². The first-order valence-electron chi connectivity index (χ1n) is 6.73. The lowest BCUT2D eigenvalue weighted by Crippen LogP contribution is -2.13. The first kappa shape index (κ1) is 18.9. The number of carbonyl (C=O) groups excluding carboxylic acids is 1. The highest BCUT2D eigenvalue weighted by Gasteiger charge is 2.24. The molecule has 22 heavy (non-hydrogen) atoms. The second-order valence-electron chi connectivity index (χ2n) is 4.22. The van der Waals surface area contributed by atoms with Gasteiger partial charge < -0.3 is 14.2 Å². The predicted molar refractivity (Wildman–Crippen MR) is 85.2 cm³/mol. The van der Waals surface area contributed by atoms with E-state index in [9.17, 15) is 13.2 Å². The van der Waals surface area contributed by atoms with Crippen LogP contribution in [0.3, 0.4) is 0 Å². The van der Waals surface area contributed by atoms with Crippen molar-refractivity contribution in [2.75, 3.05) is 32.7 Å². The van der Waals surface area contributed by atoms with E-state index in [1.807, 2.05) is 0 Å². The van der Waals surface area contributed by atoms with Crippen LogP contribution in [-0.4, -0.2) is 47.1 Å². The molecule has 0 bridgehead atoms. The van der Waals surface area contributed by atoms with Crippen molar-refractivity contribution in [1.82, 2.24) is 0 Å². The highest BCUT2D eigenvalue weighted by molar-refractivity contribution is 9.10. The number of esters is 1. The Morgan fingerprint density at radius 3 is 2.45 bits per heavy atom. The number of rotatable bonds is 8. The Hall–Kier alpha value is -1.12. The molecule has 124 valence electrons. The summed E-state index contributed by atoms with van der Waals surface area (Å²) in [6.07, 6.45) is 0. The second kappa shape index (κ2) is 8.50. The Morgan fingerprint density at radius 1 is 1.23 bits per heavy atom. The summed E-state index contributed by atoms with van der Waals surface area (Å²) in [5.74, 6) is -0.519. The molecule has 0 radical (unpaired) electrons. The van der Waals surface area contributed by atoms with Crippen LogP contribution in [0.5, 0.6) is 5.75 Å². The van der Waals surface area contributed by atoms with Gasteiger partial charge in [-0.3, -0.25) is 0 Å². The second-order valence-corrected chi connectivity index (χ2v) is 7.26. The van der Waals surface area contributed by atoms with Crippen LogP contribution < -0.4 is 4.74 Å². The van der Waals surface area contributed by atoms with Crippen LogP contribution in [-0.2, 0) is 19.3 Å². The number of methoxy groups -OCH3 is 1. The van der Waals surface area contributed by atoms with E-state index in [2.05, 4.69) is 15.9 Å². The number of hydrogen-bond donors (Lipinski definition) is 0. The Balaban J connectivity index is 3.35.